The molecule has 0 saturated heterocycles. The van der Waals surface area contributed by atoms with Crippen LogP contribution in [0.1, 0.15) is 49.8 Å². The molecule has 1 amide bonds. The molecule has 0 aliphatic heterocycles. The average Bonchev–Trinajstić information content (AvgIpc) is 2.79. The third-order valence-electron chi connectivity index (χ3n) is 3.94. The van der Waals surface area contributed by atoms with Gasteiger partial charge in [-0.15, -0.1) is 0 Å². The molecule has 4 heteroatoms. The number of benzene rings is 1. The molecule has 2 aromatic rings. The molecule has 0 fully saturated rings. The van der Waals surface area contributed by atoms with E-state index in [4.69, 9.17) is 10.2 Å². The molecule has 4 nitrogen and oxygen atoms in total. The molecule has 3 N–H and O–H groups in total. The highest BCUT2D eigenvalue weighted by molar-refractivity contribution is 5.88. The van der Waals surface area contributed by atoms with Crippen LogP contribution in [0.2, 0.25) is 0 Å². The Kier molecular flexibility index (Phi) is 5.24. The molecule has 0 spiro atoms. The summed E-state index contributed by atoms with van der Waals surface area (Å²) in [4.78, 5) is 12.0. The van der Waals surface area contributed by atoms with Crippen molar-refractivity contribution in [3.8, 4) is 0 Å². The van der Waals surface area contributed by atoms with Crippen molar-refractivity contribution in [3.05, 3.63) is 35.1 Å². The van der Waals surface area contributed by atoms with E-state index < -0.39 is 0 Å². The van der Waals surface area contributed by atoms with Crippen molar-refractivity contribution in [2.24, 2.45) is 5.73 Å². The normalized spacial score (nSPS) is 12.8. The fourth-order valence-electron chi connectivity index (χ4n) is 2.68. The van der Waals surface area contributed by atoms with Crippen LogP contribution < -0.4 is 11.1 Å². The zero-order valence-corrected chi connectivity index (χ0v) is 13.9. The molecule has 0 aliphatic carbocycles. The second-order valence-corrected chi connectivity index (χ2v) is 6.41. The summed E-state index contributed by atoms with van der Waals surface area (Å²) in [5, 5.41) is 3.94. The van der Waals surface area contributed by atoms with E-state index in [0.29, 0.717) is 18.9 Å². The number of fused-ring (bicyclic) bond motifs is 1. The van der Waals surface area contributed by atoms with E-state index in [1.807, 2.05) is 6.92 Å². The lowest BCUT2D eigenvalue weighted by Gasteiger charge is -2.10. The minimum Gasteiger partial charge on any atom is -0.464 e. The second kappa shape index (κ2) is 6.97. The van der Waals surface area contributed by atoms with E-state index in [9.17, 15) is 4.79 Å². The summed E-state index contributed by atoms with van der Waals surface area (Å²) in [5.41, 5.74) is 9.99. The number of aryl methyl sites for hydroxylation is 1. The summed E-state index contributed by atoms with van der Waals surface area (Å²) >= 11 is 0. The van der Waals surface area contributed by atoms with E-state index in [2.05, 4.69) is 38.2 Å². The van der Waals surface area contributed by atoms with Crippen molar-refractivity contribution >= 4 is 16.9 Å². The van der Waals surface area contributed by atoms with Gasteiger partial charge in [-0.3, -0.25) is 4.79 Å². The zero-order chi connectivity index (χ0) is 16.3. The highest BCUT2D eigenvalue weighted by atomic mass is 16.3. The molecule has 1 unspecified atom stereocenters. The Hall–Kier alpha value is -1.81. The van der Waals surface area contributed by atoms with E-state index in [0.717, 1.165) is 23.0 Å². The van der Waals surface area contributed by atoms with Crippen LogP contribution in [0.4, 0.5) is 0 Å². The average molecular weight is 302 g/mol. The summed E-state index contributed by atoms with van der Waals surface area (Å²) in [6, 6.07) is 4.32. The van der Waals surface area contributed by atoms with Crippen LogP contribution in [-0.2, 0) is 11.2 Å². The molecule has 0 saturated carbocycles. The SMILES string of the molecule is Cc1cc2occ(CC(=O)NCCC(C)N)c2cc1C(C)C. The molecule has 2 rings (SSSR count). The third-order valence-corrected chi connectivity index (χ3v) is 3.94. The van der Waals surface area contributed by atoms with Crippen LogP contribution in [0.15, 0.2) is 22.8 Å². The molecule has 1 heterocycles. The minimum atomic E-state index is 0.00928. The zero-order valence-electron chi connectivity index (χ0n) is 13.9. The van der Waals surface area contributed by atoms with Gasteiger partial charge in [-0.25, -0.2) is 0 Å². The monoisotopic (exact) mass is 302 g/mol. The smallest absolute Gasteiger partial charge is 0.224 e. The molecule has 1 aromatic heterocycles. The van der Waals surface area contributed by atoms with Gasteiger partial charge in [0.2, 0.25) is 5.91 Å². The fourth-order valence-corrected chi connectivity index (χ4v) is 2.68. The molecule has 0 bridgehead atoms. The summed E-state index contributed by atoms with van der Waals surface area (Å²) in [7, 11) is 0. The van der Waals surface area contributed by atoms with E-state index in [-0.39, 0.29) is 11.9 Å². The van der Waals surface area contributed by atoms with Gasteiger partial charge in [-0.1, -0.05) is 13.8 Å². The van der Waals surface area contributed by atoms with Crippen molar-refractivity contribution in [2.75, 3.05) is 6.54 Å². The van der Waals surface area contributed by atoms with E-state index in [1.165, 1.54) is 11.1 Å². The second-order valence-electron chi connectivity index (χ2n) is 6.41. The van der Waals surface area contributed by atoms with Gasteiger partial charge in [0.15, 0.2) is 0 Å². The number of furan rings is 1. The molecule has 0 radical (unpaired) electrons. The fraction of sp³-hybridized carbons (Fsp3) is 0.500. The van der Waals surface area contributed by atoms with Gasteiger partial charge in [0.25, 0.3) is 0 Å². The van der Waals surface area contributed by atoms with Crippen LogP contribution in [0.5, 0.6) is 0 Å². The summed E-state index contributed by atoms with van der Waals surface area (Å²) in [6.07, 6.45) is 2.82. The Morgan fingerprint density at radius 3 is 2.68 bits per heavy atom. The maximum Gasteiger partial charge on any atom is 0.224 e. The first-order valence-electron chi connectivity index (χ1n) is 7.91. The number of nitrogens with one attached hydrogen (secondary N) is 1. The Morgan fingerprint density at radius 2 is 2.05 bits per heavy atom. The third kappa shape index (κ3) is 3.89. The Morgan fingerprint density at radius 1 is 1.32 bits per heavy atom. The van der Waals surface area contributed by atoms with Gasteiger partial charge in [0, 0.05) is 23.5 Å². The van der Waals surface area contributed by atoms with E-state index in [1.54, 1.807) is 6.26 Å². The van der Waals surface area contributed by atoms with Gasteiger partial charge >= 0.3 is 0 Å². The molecule has 1 aromatic carbocycles. The van der Waals surface area contributed by atoms with Crippen molar-refractivity contribution in [1.82, 2.24) is 5.32 Å². The standard InChI is InChI=1S/C18H26N2O2/c1-11(2)15-9-16-14(10-22-17(16)7-12(15)3)8-18(21)20-6-5-13(4)19/h7,9-11,13H,5-6,8,19H2,1-4H3,(H,20,21). The first kappa shape index (κ1) is 16.6. The van der Waals surface area contributed by atoms with Crippen LogP contribution in [-0.4, -0.2) is 18.5 Å². The molecular weight excluding hydrogens is 276 g/mol. The number of hydrogen-bond donors (Lipinski definition) is 2. The molecule has 0 aliphatic rings. The quantitative estimate of drug-likeness (QED) is 0.860. The predicted molar refractivity (Wildman–Crippen MR) is 90.0 cm³/mol. The Labute approximate surface area is 132 Å². The molecule has 22 heavy (non-hydrogen) atoms. The van der Waals surface area contributed by atoms with Gasteiger partial charge in [-0.2, -0.15) is 0 Å². The van der Waals surface area contributed by atoms with Gasteiger partial charge in [0.05, 0.1) is 12.7 Å². The van der Waals surface area contributed by atoms with Gasteiger partial charge in [0.1, 0.15) is 5.58 Å². The number of rotatable bonds is 6. The molecule has 1 atom stereocenters. The van der Waals surface area contributed by atoms with Crippen LogP contribution in [0, 0.1) is 6.92 Å². The number of hydrogen-bond acceptors (Lipinski definition) is 3. The van der Waals surface area contributed by atoms with Crippen LogP contribution >= 0.6 is 0 Å². The van der Waals surface area contributed by atoms with E-state index >= 15 is 0 Å². The minimum absolute atomic E-state index is 0.00928. The lowest BCUT2D eigenvalue weighted by atomic mass is 9.95. The van der Waals surface area contributed by atoms with Crippen molar-refractivity contribution in [3.63, 3.8) is 0 Å². The Balaban J connectivity index is 2.14. The van der Waals surface area contributed by atoms with Gasteiger partial charge < -0.3 is 15.5 Å². The van der Waals surface area contributed by atoms with Crippen molar-refractivity contribution in [2.45, 2.75) is 52.5 Å². The number of carbonyl (C=O) groups excluding carboxylic acids is 1. The van der Waals surface area contributed by atoms with Crippen molar-refractivity contribution in [1.29, 1.82) is 0 Å². The lowest BCUT2D eigenvalue weighted by Crippen LogP contribution is -2.29. The lowest BCUT2D eigenvalue weighted by molar-refractivity contribution is -0.120. The largest absolute Gasteiger partial charge is 0.464 e. The van der Waals surface area contributed by atoms with Crippen molar-refractivity contribution < 1.29 is 9.21 Å². The van der Waals surface area contributed by atoms with Crippen LogP contribution in [0.25, 0.3) is 11.0 Å². The maximum atomic E-state index is 12.0. The summed E-state index contributed by atoms with van der Waals surface area (Å²) in [6.45, 7) is 9.00. The molecule has 120 valence electrons. The summed E-state index contributed by atoms with van der Waals surface area (Å²) in [5.74, 6) is 0.460. The predicted octanol–water partition coefficient (Wildman–Crippen LogP) is 3.26. The topological polar surface area (TPSA) is 68.3 Å². The number of amides is 1. The van der Waals surface area contributed by atoms with Crippen LogP contribution in [0.3, 0.4) is 0 Å². The first-order chi connectivity index (χ1) is 10.4. The highest BCUT2D eigenvalue weighted by Gasteiger charge is 2.13. The highest BCUT2D eigenvalue weighted by Crippen LogP contribution is 2.29. The Bertz CT molecular complexity index is 656. The number of nitrogens with two attached hydrogens (primary N) is 1. The first-order valence-corrected chi connectivity index (χ1v) is 7.91. The molecular formula is C18H26N2O2. The maximum absolute atomic E-state index is 12.0. The van der Waals surface area contributed by atoms with Gasteiger partial charge in [-0.05, 0) is 49.4 Å². The number of carbonyl (C=O) groups is 1. The summed E-state index contributed by atoms with van der Waals surface area (Å²) < 4.78 is 5.61.